The third-order valence-corrected chi connectivity index (χ3v) is 5.69. The van der Waals surface area contributed by atoms with Crippen molar-refractivity contribution in [3.63, 3.8) is 0 Å². The molecule has 1 aromatic rings. The Morgan fingerprint density at radius 1 is 1.15 bits per heavy atom. The second-order valence-electron chi connectivity index (χ2n) is 4.41. The molecule has 1 aromatic carbocycles. The lowest BCUT2D eigenvalue weighted by Crippen LogP contribution is -2.20. The van der Waals surface area contributed by atoms with Crippen LogP contribution >= 0.6 is 6.49 Å². The fourth-order valence-electron chi connectivity index (χ4n) is 1.40. The minimum Gasteiger partial charge on any atom is -0.326 e. The Labute approximate surface area is 122 Å². The first-order chi connectivity index (χ1) is 9.27. The molecule has 0 aromatic heterocycles. The summed E-state index contributed by atoms with van der Waals surface area (Å²) >= 11 is 5.26. The molecule has 0 bridgehead atoms. The monoisotopic (exact) mass is 326 g/mol. The Kier molecular flexibility index (Phi) is 6.65. The van der Waals surface area contributed by atoms with Gasteiger partial charge < -0.3 is 9.05 Å². The SMILES string of the molecule is CCCCOP(=S)(OCC(F)(F)F)c1ccc(C)cc1. The van der Waals surface area contributed by atoms with Gasteiger partial charge in [-0.15, -0.1) is 0 Å². The maximum atomic E-state index is 12.3. The Morgan fingerprint density at radius 2 is 1.75 bits per heavy atom. The highest BCUT2D eigenvalue weighted by Crippen LogP contribution is 2.48. The molecule has 0 amide bonds. The van der Waals surface area contributed by atoms with Gasteiger partial charge in [0.05, 0.1) is 6.61 Å². The van der Waals surface area contributed by atoms with Crippen LogP contribution in [0.4, 0.5) is 13.2 Å². The van der Waals surface area contributed by atoms with Crippen molar-refractivity contribution in [1.82, 2.24) is 0 Å². The molecule has 1 unspecified atom stereocenters. The van der Waals surface area contributed by atoms with Crippen LogP contribution in [-0.4, -0.2) is 19.4 Å². The predicted octanol–water partition coefficient (Wildman–Crippen LogP) is 4.33. The number of benzene rings is 1. The summed E-state index contributed by atoms with van der Waals surface area (Å²) in [7, 11) is 0. The minimum atomic E-state index is -4.41. The van der Waals surface area contributed by atoms with Crippen LogP contribution in [-0.2, 0) is 20.9 Å². The van der Waals surface area contributed by atoms with Crippen molar-refractivity contribution in [3.05, 3.63) is 29.8 Å². The minimum absolute atomic E-state index is 0.305. The van der Waals surface area contributed by atoms with Crippen LogP contribution in [0.2, 0.25) is 0 Å². The van der Waals surface area contributed by atoms with E-state index in [0.29, 0.717) is 11.9 Å². The maximum absolute atomic E-state index is 12.3. The summed E-state index contributed by atoms with van der Waals surface area (Å²) in [5.74, 6) is 0. The fraction of sp³-hybridized carbons (Fsp3) is 0.538. The Balaban J connectivity index is 2.88. The third-order valence-electron chi connectivity index (χ3n) is 2.51. The van der Waals surface area contributed by atoms with E-state index in [4.69, 9.17) is 20.9 Å². The van der Waals surface area contributed by atoms with Crippen LogP contribution in [0.3, 0.4) is 0 Å². The van der Waals surface area contributed by atoms with Gasteiger partial charge in [0.15, 0.2) is 6.61 Å². The van der Waals surface area contributed by atoms with Gasteiger partial charge in [0.25, 0.3) is 0 Å². The summed E-state index contributed by atoms with van der Waals surface area (Å²) in [6.45, 7) is -0.326. The normalized spacial score (nSPS) is 15.1. The van der Waals surface area contributed by atoms with Gasteiger partial charge in [-0.2, -0.15) is 13.2 Å². The molecule has 20 heavy (non-hydrogen) atoms. The average molecular weight is 326 g/mol. The van der Waals surface area contributed by atoms with Crippen LogP contribution in [0, 0.1) is 6.92 Å². The smallest absolute Gasteiger partial charge is 0.326 e. The molecule has 0 N–H and O–H groups in total. The molecule has 1 atom stereocenters. The second kappa shape index (κ2) is 7.55. The first-order valence-electron chi connectivity index (χ1n) is 6.30. The average Bonchev–Trinajstić information content (AvgIpc) is 2.37. The van der Waals surface area contributed by atoms with Gasteiger partial charge >= 0.3 is 6.18 Å². The zero-order chi connectivity index (χ0) is 15.2. The maximum Gasteiger partial charge on any atom is 0.412 e. The molecule has 0 radical (unpaired) electrons. The van der Waals surface area contributed by atoms with Crippen molar-refractivity contribution in [2.45, 2.75) is 32.9 Å². The predicted molar refractivity (Wildman–Crippen MR) is 78.0 cm³/mol. The van der Waals surface area contributed by atoms with Crippen LogP contribution in [0.1, 0.15) is 25.3 Å². The number of halogens is 3. The highest BCUT2D eigenvalue weighted by molar-refractivity contribution is 8.13. The number of alkyl halides is 3. The van der Waals surface area contributed by atoms with E-state index in [9.17, 15) is 13.2 Å². The molecule has 7 heteroatoms. The number of aryl methyl sites for hydroxylation is 1. The van der Waals surface area contributed by atoms with Crippen LogP contribution in [0.15, 0.2) is 24.3 Å². The first kappa shape index (κ1) is 17.6. The highest BCUT2D eigenvalue weighted by Gasteiger charge is 2.33. The zero-order valence-electron chi connectivity index (χ0n) is 11.4. The van der Waals surface area contributed by atoms with Gasteiger partial charge in [0.1, 0.15) is 0 Å². The Hall–Kier alpha value is -0.420. The van der Waals surface area contributed by atoms with Crippen LogP contribution in [0.25, 0.3) is 0 Å². The van der Waals surface area contributed by atoms with Gasteiger partial charge in [-0.1, -0.05) is 31.0 Å². The van der Waals surface area contributed by atoms with E-state index in [-0.39, 0.29) is 0 Å². The van der Waals surface area contributed by atoms with Crippen molar-refractivity contribution < 1.29 is 22.2 Å². The Morgan fingerprint density at radius 3 is 2.25 bits per heavy atom. The van der Waals surface area contributed by atoms with Gasteiger partial charge in [-0.3, -0.25) is 0 Å². The Bertz CT molecular complexity index is 460. The molecule has 0 saturated heterocycles. The van der Waals surface area contributed by atoms with E-state index in [0.717, 1.165) is 18.4 Å². The fourth-order valence-corrected chi connectivity index (χ4v) is 3.72. The molecule has 0 fully saturated rings. The second-order valence-corrected chi connectivity index (χ2v) is 7.88. The molecule has 0 aliphatic carbocycles. The van der Waals surface area contributed by atoms with E-state index >= 15 is 0 Å². The van der Waals surface area contributed by atoms with E-state index < -0.39 is 19.3 Å². The number of unbranched alkanes of at least 4 members (excludes halogenated alkanes) is 1. The van der Waals surface area contributed by atoms with Crippen molar-refractivity contribution in [2.75, 3.05) is 13.2 Å². The van der Waals surface area contributed by atoms with Crippen molar-refractivity contribution >= 4 is 23.6 Å². The summed E-state index contributed by atoms with van der Waals surface area (Å²) in [6.07, 6.45) is -2.80. The van der Waals surface area contributed by atoms with Crippen LogP contribution in [0.5, 0.6) is 0 Å². The number of rotatable bonds is 7. The summed E-state index contributed by atoms with van der Waals surface area (Å²) < 4.78 is 47.5. The molecule has 0 saturated carbocycles. The lowest BCUT2D eigenvalue weighted by molar-refractivity contribution is -0.153. The number of hydrogen-bond donors (Lipinski definition) is 0. The molecule has 2 nitrogen and oxygen atoms in total. The third kappa shape index (κ3) is 5.92. The molecule has 0 aliphatic heterocycles. The van der Waals surface area contributed by atoms with E-state index in [2.05, 4.69) is 0 Å². The highest BCUT2D eigenvalue weighted by atomic mass is 32.5. The van der Waals surface area contributed by atoms with Gasteiger partial charge in [0.2, 0.25) is 6.49 Å². The van der Waals surface area contributed by atoms with E-state index in [1.54, 1.807) is 24.3 Å². The topological polar surface area (TPSA) is 18.5 Å². The molecule has 0 aliphatic rings. The van der Waals surface area contributed by atoms with Crippen molar-refractivity contribution in [1.29, 1.82) is 0 Å². The lowest BCUT2D eigenvalue weighted by atomic mass is 10.2. The molecule has 0 heterocycles. The van der Waals surface area contributed by atoms with E-state index in [1.165, 1.54) is 0 Å². The molecular weight excluding hydrogens is 308 g/mol. The molecule has 114 valence electrons. The largest absolute Gasteiger partial charge is 0.412 e. The van der Waals surface area contributed by atoms with Gasteiger partial charge in [-0.05, 0) is 37.3 Å². The van der Waals surface area contributed by atoms with Crippen LogP contribution < -0.4 is 5.30 Å². The summed E-state index contributed by atoms with van der Waals surface area (Å²) in [5, 5.41) is 0.512. The quantitative estimate of drug-likeness (QED) is 0.549. The molecule has 1 rings (SSSR count). The van der Waals surface area contributed by atoms with Crippen molar-refractivity contribution in [2.24, 2.45) is 0 Å². The number of hydrogen-bond acceptors (Lipinski definition) is 3. The standard InChI is InChI=1S/C13H18F3O2PS/c1-3-4-9-17-19(20,18-10-13(14,15)16)12-7-5-11(2)6-8-12/h5-8H,3-4,9-10H2,1-2H3. The summed E-state index contributed by atoms with van der Waals surface area (Å²) in [6, 6.07) is 6.93. The summed E-state index contributed by atoms with van der Waals surface area (Å²) in [5.41, 5.74) is 1.000. The zero-order valence-corrected chi connectivity index (χ0v) is 13.2. The van der Waals surface area contributed by atoms with Gasteiger partial charge in [0, 0.05) is 5.30 Å². The van der Waals surface area contributed by atoms with Crippen molar-refractivity contribution in [3.8, 4) is 0 Å². The molecular formula is C13H18F3O2PS. The van der Waals surface area contributed by atoms with E-state index in [1.807, 2.05) is 13.8 Å². The summed E-state index contributed by atoms with van der Waals surface area (Å²) in [4.78, 5) is 0. The van der Waals surface area contributed by atoms with Gasteiger partial charge in [-0.25, -0.2) is 0 Å². The molecule has 0 spiro atoms. The lowest BCUT2D eigenvalue weighted by Gasteiger charge is -2.23. The first-order valence-corrected chi connectivity index (χ1v) is 8.94.